The Hall–Kier alpha value is -0.450. The predicted molar refractivity (Wildman–Crippen MR) is 76.2 cm³/mol. The van der Waals surface area contributed by atoms with Crippen LogP contribution >= 0.6 is 23.4 Å². The first-order valence-electron chi connectivity index (χ1n) is 5.99. The zero-order chi connectivity index (χ0) is 12.1. The van der Waals surface area contributed by atoms with E-state index in [0.717, 1.165) is 54.1 Å². The van der Waals surface area contributed by atoms with E-state index in [0.29, 0.717) is 0 Å². The normalized spacial score (nSPS) is 16.2. The number of anilines is 1. The summed E-state index contributed by atoms with van der Waals surface area (Å²) in [6, 6.07) is 2.02. The molecule has 1 aliphatic rings. The Morgan fingerprint density at radius 1 is 1.47 bits per heavy atom. The summed E-state index contributed by atoms with van der Waals surface area (Å²) in [6.07, 6.45) is 1.92. The molecule has 0 saturated carbocycles. The van der Waals surface area contributed by atoms with Gasteiger partial charge in [-0.1, -0.05) is 18.5 Å². The van der Waals surface area contributed by atoms with Crippen molar-refractivity contribution >= 4 is 29.2 Å². The SMILES string of the molecule is CCNCc1cnc(N2CCSCC2)c(Cl)c1. The Labute approximate surface area is 112 Å². The third-order valence-corrected chi connectivity index (χ3v) is 3.99. The molecule has 1 aromatic heterocycles. The number of halogens is 1. The zero-order valence-corrected chi connectivity index (χ0v) is 11.7. The van der Waals surface area contributed by atoms with Crippen LogP contribution in [-0.4, -0.2) is 36.1 Å². The number of rotatable bonds is 4. The minimum atomic E-state index is 0.771. The van der Waals surface area contributed by atoms with Gasteiger partial charge in [0.2, 0.25) is 0 Å². The van der Waals surface area contributed by atoms with Crippen molar-refractivity contribution < 1.29 is 0 Å². The molecule has 94 valence electrons. The molecular weight excluding hydrogens is 254 g/mol. The van der Waals surface area contributed by atoms with Crippen LogP contribution in [0, 0.1) is 0 Å². The van der Waals surface area contributed by atoms with Crippen LogP contribution in [-0.2, 0) is 6.54 Å². The van der Waals surface area contributed by atoms with Crippen LogP contribution in [0.5, 0.6) is 0 Å². The molecule has 0 radical (unpaired) electrons. The lowest BCUT2D eigenvalue weighted by molar-refractivity contribution is 0.723. The maximum atomic E-state index is 6.30. The molecular formula is C12H18ClN3S. The Morgan fingerprint density at radius 3 is 2.88 bits per heavy atom. The van der Waals surface area contributed by atoms with Gasteiger partial charge in [0.05, 0.1) is 5.02 Å². The van der Waals surface area contributed by atoms with Crippen molar-refractivity contribution in [3.8, 4) is 0 Å². The predicted octanol–water partition coefficient (Wildman–Crippen LogP) is 2.40. The fourth-order valence-electron chi connectivity index (χ4n) is 1.84. The van der Waals surface area contributed by atoms with Gasteiger partial charge < -0.3 is 10.2 Å². The van der Waals surface area contributed by atoms with Gasteiger partial charge in [0.25, 0.3) is 0 Å². The van der Waals surface area contributed by atoms with Crippen LogP contribution in [0.15, 0.2) is 12.3 Å². The van der Waals surface area contributed by atoms with E-state index in [4.69, 9.17) is 11.6 Å². The largest absolute Gasteiger partial charge is 0.354 e. The highest BCUT2D eigenvalue weighted by atomic mass is 35.5. The van der Waals surface area contributed by atoms with E-state index in [2.05, 4.69) is 22.1 Å². The first kappa shape index (κ1) is 13.0. The molecule has 17 heavy (non-hydrogen) atoms. The molecule has 0 unspecified atom stereocenters. The topological polar surface area (TPSA) is 28.2 Å². The Balaban J connectivity index is 2.07. The standard InChI is InChI=1S/C12H18ClN3S/c1-2-14-8-10-7-11(13)12(15-9-10)16-3-5-17-6-4-16/h7,9,14H,2-6,8H2,1H3. The molecule has 1 aromatic rings. The molecule has 0 bridgehead atoms. The molecule has 1 aliphatic heterocycles. The number of nitrogens with one attached hydrogen (secondary N) is 1. The zero-order valence-electron chi connectivity index (χ0n) is 10.1. The maximum Gasteiger partial charge on any atom is 0.147 e. The second kappa shape index (κ2) is 6.47. The molecule has 2 rings (SSSR count). The monoisotopic (exact) mass is 271 g/mol. The molecule has 0 amide bonds. The molecule has 1 saturated heterocycles. The van der Waals surface area contributed by atoms with Crippen molar-refractivity contribution in [3.05, 3.63) is 22.8 Å². The van der Waals surface area contributed by atoms with Crippen molar-refractivity contribution in [2.45, 2.75) is 13.5 Å². The highest BCUT2D eigenvalue weighted by molar-refractivity contribution is 7.99. The number of hydrogen-bond donors (Lipinski definition) is 1. The van der Waals surface area contributed by atoms with Gasteiger partial charge in [-0.25, -0.2) is 4.98 Å². The first-order chi connectivity index (χ1) is 8.31. The van der Waals surface area contributed by atoms with E-state index < -0.39 is 0 Å². The lowest BCUT2D eigenvalue weighted by atomic mass is 10.2. The molecule has 0 spiro atoms. The van der Waals surface area contributed by atoms with Crippen LogP contribution in [0.3, 0.4) is 0 Å². The van der Waals surface area contributed by atoms with Crippen molar-refractivity contribution in [3.63, 3.8) is 0 Å². The van der Waals surface area contributed by atoms with Crippen molar-refractivity contribution in [2.75, 3.05) is 36.0 Å². The van der Waals surface area contributed by atoms with Gasteiger partial charge in [-0.3, -0.25) is 0 Å². The van der Waals surface area contributed by atoms with Crippen LogP contribution in [0.25, 0.3) is 0 Å². The summed E-state index contributed by atoms with van der Waals surface area (Å²) in [5.74, 6) is 3.26. The summed E-state index contributed by atoms with van der Waals surface area (Å²) >= 11 is 8.29. The molecule has 0 atom stereocenters. The van der Waals surface area contributed by atoms with E-state index in [9.17, 15) is 0 Å². The van der Waals surface area contributed by atoms with Crippen LogP contribution in [0.1, 0.15) is 12.5 Å². The third-order valence-electron chi connectivity index (χ3n) is 2.77. The summed E-state index contributed by atoms with van der Waals surface area (Å²) in [4.78, 5) is 6.77. The van der Waals surface area contributed by atoms with Gasteiger partial charge >= 0.3 is 0 Å². The van der Waals surface area contributed by atoms with Gasteiger partial charge in [-0.05, 0) is 18.2 Å². The molecule has 2 heterocycles. The second-order valence-corrected chi connectivity index (χ2v) is 5.66. The minimum absolute atomic E-state index is 0.771. The fraction of sp³-hybridized carbons (Fsp3) is 0.583. The van der Waals surface area contributed by atoms with Crippen molar-refractivity contribution in [2.24, 2.45) is 0 Å². The van der Waals surface area contributed by atoms with Gasteiger partial charge in [0, 0.05) is 37.3 Å². The fourth-order valence-corrected chi connectivity index (χ4v) is 3.06. The van der Waals surface area contributed by atoms with Gasteiger partial charge in [-0.2, -0.15) is 11.8 Å². The molecule has 5 heteroatoms. The summed E-state index contributed by atoms with van der Waals surface area (Å²) < 4.78 is 0. The molecule has 0 aromatic carbocycles. The average Bonchev–Trinajstić information content (AvgIpc) is 2.37. The Bertz CT molecular complexity index is 367. The summed E-state index contributed by atoms with van der Waals surface area (Å²) in [6.45, 7) is 5.98. The van der Waals surface area contributed by atoms with Crippen molar-refractivity contribution in [1.29, 1.82) is 0 Å². The number of hydrogen-bond acceptors (Lipinski definition) is 4. The number of aromatic nitrogens is 1. The van der Waals surface area contributed by atoms with E-state index in [1.54, 1.807) is 0 Å². The van der Waals surface area contributed by atoms with Gasteiger partial charge in [0.15, 0.2) is 0 Å². The van der Waals surface area contributed by atoms with Gasteiger partial charge in [-0.15, -0.1) is 0 Å². The molecule has 1 fully saturated rings. The smallest absolute Gasteiger partial charge is 0.147 e. The second-order valence-electron chi connectivity index (χ2n) is 4.03. The first-order valence-corrected chi connectivity index (χ1v) is 7.52. The Morgan fingerprint density at radius 2 is 2.24 bits per heavy atom. The lowest BCUT2D eigenvalue weighted by Crippen LogP contribution is -2.33. The quantitative estimate of drug-likeness (QED) is 0.910. The van der Waals surface area contributed by atoms with Gasteiger partial charge in [0.1, 0.15) is 5.82 Å². The van der Waals surface area contributed by atoms with Crippen LogP contribution < -0.4 is 10.2 Å². The van der Waals surface area contributed by atoms with Crippen LogP contribution in [0.4, 0.5) is 5.82 Å². The summed E-state index contributed by atoms with van der Waals surface area (Å²) in [5.41, 5.74) is 1.15. The van der Waals surface area contributed by atoms with Crippen molar-refractivity contribution in [1.82, 2.24) is 10.3 Å². The highest BCUT2D eigenvalue weighted by Crippen LogP contribution is 2.26. The lowest BCUT2D eigenvalue weighted by Gasteiger charge is -2.28. The maximum absolute atomic E-state index is 6.30. The third kappa shape index (κ3) is 3.50. The summed E-state index contributed by atoms with van der Waals surface area (Å²) in [5, 5.41) is 4.05. The Kier molecular flexibility index (Phi) is 4.95. The number of pyridine rings is 1. The van der Waals surface area contributed by atoms with E-state index in [1.807, 2.05) is 24.0 Å². The molecule has 1 N–H and O–H groups in total. The summed E-state index contributed by atoms with van der Waals surface area (Å²) in [7, 11) is 0. The average molecular weight is 272 g/mol. The molecule has 3 nitrogen and oxygen atoms in total. The van der Waals surface area contributed by atoms with E-state index in [-0.39, 0.29) is 0 Å². The number of thioether (sulfide) groups is 1. The van der Waals surface area contributed by atoms with E-state index >= 15 is 0 Å². The van der Waals surface area contributed by atoms with Crippen LogP contribution in [0.2, 0.25) is 5.02 Å². The van der Waals surface area contributed by atoms with E-state index in [1.165, 1.54) is 0 Å². The molecule has 0 aliphatic carbocycles. The number of nitrogens with zero attached hydrogens (tertiary/aromatic N) is 2. The highest BCUT2D eigenvalue weighted by Gasteiger charge is 2.15. The minimum Gasteiger partial charge on any atom is -0.354 e.